The Morgan fingerprint density at radius 1 is 1.29 bits per heavy atom. The minimum atomic E-state index is -0.293. The standard InChI is InChI=1S/C18H19FN2OS.ClH/c1-12-4-2-3-5-16(12)23-11-17(22)21-15-7-6-13-10-20-9-8-14(13)18(15)19;/h2-7,20H,8-11H2,1H3,(H,21,22);1H. The topological polar surface area (TPSA) is 41.1 Å². The summed E-state index contributed by atoms with van der Waals surface area (Å²) < 4.78 is 14.5. The zero-order valence-electron chi connectivity index (χ0n) is 13.4. The Bertz CT molecular complexity index is 739. The Kier molecular flexibility index (Phi) is 6.66. The molecule has 6 heteroatoms. The second kappa shape index (κ2) is 8.51. The summed E-state index contributed by atoms with van der Waals surface area (Å²) in [5, 5.41) is 5.91. The number of anilines is 1. The van der Waals surface area contributed by atoms with Gasteiger partial charge in [0.15, 0.2) is 0 Å². The van der Waals surface area contributed by atoms with Crippen LogP contribution in [0.15, 0.2) is 41.3 Å². The average molecular weight is 367 g/mol. The van der Waals surface area contributed by atoms with Crippen LogP contribution < -0.4 is 10.6 Å². The van der Waals surface area contributed by atoms with Gasteiger partial charge in [-0.3, -0.25) is 4.79 Å². The number of fused-ring (bicyclic) bond motifs is 1. The second-order valence-corrected chi connectivity index (χ2v) is 6.61. The van der Waals surface area contributed by atoms with E-state index in [9.17, 15) is 9.18 Å². The van der Waals surface area contributed by atoms with Crippen molar-refractivity contribution in [1.29, 1.82) is 0 Å². The molecule has 0 bridgehead atoms. The predicted octanol–water partition coefficient (Wildman–Crippen LogP) is 3.93. The molecule has 128 valence electrons. The molecule has 0 saturated carbocycles. The maximum absolute atomic E-state index is 14.5. The molecule has 24 heavy (non-hydrogen) atoms. The van der Waals surface area contributed by atoms with Gasteiger partial charge in [-0.1, -0.05) is 24.3 Å². The zero-order valence-corrected chi connectivity index (χ0v) is 15.0. The summed E-state index contributed by atoms with van der Waals surface area (Å²) in [6, 6.07) is 11.4. The summed E-state index contributed by atoms with van der Waals surface area (Å²) >= 11 is 1.46. The molecular formula is C18H20ClFN2OS. The van der Waals surface area contributed by atoms with Crippen molar-refractivity contribution in [2.24, 2.45) is 0 Å². The molecule has 0 saturated heterocycles. The Hall–Kier alpha value is -1.56. The first-order chi connectivity index (χ1) is 11.1. The van der Waals surface area contributed by atoms with Crippen LogP contribution >= 0.6 is 24.2 Å². The molecule has 3 rings (SSSR count). The van der Waals surface area contributed by atoms with E-state index in [4.69, 9.17) is 0 Å². The lowest BCUT2D eigenvalue weighted by Crippen LogP contribution is -2.25. The highest BCUT2D eigenvalue weighted by atomic mass is 35.5. The molecule has 1 aliphatic heterocycles. The van der Waals surface area contributed by atoms with Crippen LogP contribution in [0, 0.1) is 12.7 Å². The van der Waals surface area contributed by atoms with Crippen LogP contribution in [0.3, 0.4) is 0 Å². The summed E-state index contributed by atoms with van der Waals surface area (Å²) in [4.78, 5) is 13.2. The van der Waals surface area contributed by atoms with Gasteiger partial charge in [0.2, 0.25) is 5.91 Å². The van der Waals surface area contributed by atoms with Crippen LogP contribution in [0.2, 0.25) is 0 Å². The Morgan fingerprint density at radius 3 is 2.88 bits per heavy atom. The summed E-state index contributed by atoms with van der Waals surface area (Å²) in [6.07, 6.45) is 0.656. The van der Waals surface area contributed by atoms with E-state index < -0.39 is 0 Å². The van der Waals surface area contributed by atoms with Crippen molar-refractivity contribution < 1.29 is 9.18 Å². The van der Waals surface area contributed by atoms with Gasteiger partial charge in [0, 0.05) is 11.4 Å². The highest BCUT2D eigenvalue weighted by Gasteiger charge is 2.17. The summed E-state index contributed by atoms with van der Waals surface area (Å²) in [6.45, 7) is 3.46. The molecular weight excluding hydrogens is 347 g/mol. The number of benzene rings is 2. The van der Waals surface area contributed by atoms with Gasteiger partial charge in [-0.2, -0.15) is 0 Å². The van der Waals surface area contributed by atoms with Crippen LogP contribution in [-0.2, 0) is 17.8 Å². The molecule has 0 spiro atoms. The fraction of sp³-hybridized carbons (Fsp3) is 0.278. The van der Waals surface area contributed by atoms with Crippen LogP contribution in [0.4, 0.5) is 10.1 Å². The number of carbonyl (C=O) groups is 1. The number of aryl methyl sites for hydroxylation is 1. The molecule has 0 aliphatic carbocycles. The molecule has 1 aliphatic rings. The zero-order chi connectivity index (χ0) is 16.2. The van der Waals surface area contributed by atoms with Gasteiger partial charge in [-0.25, -0.2) is 4.39 Å². The maximum Gasteiger partial charge on any atom is 0.234 e. The smallest absolute Gasteiger partial charge is 0.234 e. The first kappa shape index (κ1) is 18.8. The number of rotatable bonds is 4. The van der Waals surface area contributed by atoms with E-state index in [0.29, 0.717) is 18.5 Å². The number of amides is 1. The lowest BCUT2D eigenvalue weighted by Gasteiger charge is -2.19. The second-order valence-electron chi connectivity index (χ2n) is 5.59. The number of carbonyl (C=O) groups excluding carboxylic acids is 1. The summed E-state index contributed by atoms with van der Waals surface area (Å²) in [7, 11) is 0. The van der Waals surface area contributed by atoms with E-state index in [0.717, 1.165) is 22.6 Å². The molecule has 2 aromatic carbocycles. The first-order valence-corrected chi connectivity index (χ1v) is 8.63. The van der Waals surface area contributed by atoms with Gasteiger partial charge in [-0.05, 0) is 48.7 Å². The van der Waals surface area contributed by atoms with Gasteiger partial charge >= 0.3 is 0 Å². The van der Waals surface area contributed by atoms with E-state index in [-0.39, 0.29) is 35.6 Å². The third-order valence-corrected chi connectivity index (χ3v) is 5.11. The number of hydrogen-bond donors (Lipinski definition) is 2. The number of thioether (sulfide) groups is 1. The van der Waals surface area contributed by atoms with Crippen molar-refractivity contribution in [3.05, 3.63) is 58.9 Å². The van der Waals surface area contributed by atoms with Gasteiger partial charge in [0.25, 0.3) is 0 Å². The third kappa shape index (κ3) is 4.29. The quantitative estimate of drug-likeness (QED) is 0.805. The van der Waals surface area contributed by atoms with Crippen LogP contribution in [-0.4, -0.2) is 18.2 Å². The molecule has 0 unspecified atom stereocenters. The molecule has 0 aromatic heterocycles. The van der Waals surface area contributed by atoms with E-state index in [2.05, 4.69) is 10.6 Å². The molecule has 2 N–H and O–H groups in total. The highest BCUT2D eigenvalue weighted by Crippen LogP contribution is 2.26. The van der Waals surface area contributed by atoms with Crippen LogP contribution in [0.1, 0.15) is 16.7 Å². The lowest BCUT2D eigenvalue weighted by atomic mass is 9.99. The Balaban J connectivity index is 0.00000208. The largest absolute Gasteiger partial charge is 0.323 e. The van der Waals surface area contributed by atoms with Gasteiger partial charge in [0.05, 0.1) is 11.4 Å². The predicted molar refractivity (Wildman–Crippen MR) is 99.6 cm³/mol. The molecule has 0 radical (unpaired) electrons. The molecule has 1 amide bonds. The van der Waals surface area contributed by atoms with Crippen molar-refractivity contribution in [1.82, 2.24) is 5.32 Å². The molecule has 3 nitrogen and oxygen atoms in total. The Labute approximate surface area is 151 Å². The average Bonchev–Trinajstić information content (AvgIpc) is 2.57. The van der Waals surface area contributed by atoms with E-state index >= 15 is 0 Å². The fourth-order valence-electron chi connectivity index (χ4n) is 2.68. The SMILES string of the molecule is Cc1ccccc1SCC(=O)Nc1ccc2c(c1F)CCNC2.Cl. The molecule has 0 fully saturated rings. The molecule has 1 heterocycles. The van der Waals surface area contributed by atoms with Crippen molar-refractivity contribution in [3.8, 4) is 0 Å². The van der Waals surface area contributed by atoms with Crippen molar-refractivity contribution in [2.45, 2.75) is 24.8 Å². The van der Waals surface area contributed by atoms with Gasteiger partial charge in [0.1, 0.15) is 5.82 Å². The normalized spacial score (nSPS) is 12.9. The molecule has 2 aromatic rings. The number of hydrogen-bond acceptors (Lipinski definition) is 3. The number of halogens is 2. The number of nitrogens with one attached hydrogen (secondary N) is 2. The maximum atomic E-state index is 14.5. The minimum absolute atomic E-state index is 0. The molecule has 0 atom stereocenters. The van der Waals surface area contributed by atoms with Gasteiger partial charge in [-0.15, -0.1) is 24.2 Å². The van der Waals surface area contributed by atoms with E-state index in [1.165, 1.54) is 11.8 Å². The lowest BCUT2D eigenvalue weighted by molar-refractivity contribution is -0.113. The monoisotopic (exact) mass is 366 g/mol. The summed E-state index contributed by atoms with van der Waals surface area (Å²) in [5.74, 6) is -0.215. The fourth-order valence-corrected chi connectivity index (χ4v) is 3.51. The van der Waals surface area contributed by atoms with Crippen LogP contribution in [0.25, 0.3) is 0 Å². The van der Waals surface area contributed by atoms with Crippen molar-refractivity contribution in [3.63, 3.8) is 0 Å². The van der Waals surface area contributed by atoms with Crippen molar-refractivity contribution in [2.75, 3.05) is 17.6 Å². The minimum Gasteiger partial charge on any atom is -0.323 e. The third-order valence-electron chi connectivity index (χ3n) is 3.93. The van der Waals surface area contributed by atoms with Crippen molar-refractivity contribution >= 4 is 35.8 Å². The summed E-state index contributed by atoms with van der Waals surface area (Å²) in [5.41, 5.74) is 3.10. The Morgan fingerprint density at radius 2 is 2.08 bits per heavy atom. The van der Waals surface area contributed by atoms with E-state index in [1.54, 1.807) is 6.07 Å². The highest BCUT2D eigenvalue weighted by molar-refractivity contribution is 8.00. The van der Waals surface area contributed by atoms with Crippen LogP contribution in [0.5, 0.6) is 0 Å². The first-order valence-electron chi connectivity index (χ1n) is 7.64. The van der Waals surface area contributed by atoms with E-state index in [1.807, 2.05) is 37.3 Å². The van der Waals surface area contributed by atoms with Gasteiger partial charge < -0.3 is 10.6 Å².